The number of alkyl halides is 3. The topological polar surface area (TPSA) is 29.3 Å². The van der Waals surface area contributed by atoms with Crippen molar-refractivity contribution in [3.63, 3.8) is 0 Å². The van der Waals surface area contributed by atoms with E-state index in [0.29, 0.717) is 0 Å². The van der Waals surface area contributed by atoms with Gasteiger partial charge in [0, 0.05) is 7.05 Å². The van der Waals surface area contributed by atoms with Crippen LogP contribution >= 0.6 is 0 Å². The molecule has 2 nitrogen and oxygen atoms in total. The predicted molar refractivity (Wildman–Crippen MR) is 50.1 cm³/mol. The fourth-order valence-corrected chi connectivity index (χ4v) is 1.23. The second-order valence-electron chi connectivity index (χ2n) is 3.17. The van der Waals surface area contributed by atoms with E-state index in [1.54, 1.807) is 0 Å². The first kappa shape index (κ1) is 11.6. The number of halogens is 4. The number of rotatable bonds is 2. The number of anilines is 2. The van der Waals surface area contributed by atoms with E-state index in [-0.39, 0.29) is 11.4 Å². The van der Waals surface area contributed by atoms with Crippen molar-refractivity contribution in [3.05, 3.63) is 24.0 Å². The monoisotopic (exact) mass is 222 g/mol. The smallest absolute Gasteiger partial charge is 0.397 e. The molecular weight excluding hydrogens is 212 g/mol. The van der Waals surface area contributed by atoms with Gasteiger partial charge < -0.3 is 10.6 Å². The first-order valence-corrected chi connectivity index (χ1v) is 4.12. The number of nitrogens with zero attached hydrogens (tertiary/aromatic N) is 1. The standard InChI is InChI=1S/C9H10F4N2/c1-15(5-9(11,12)13)8-3-2-6(10)4-7(8)14/h2-4H,5,14H2,1H3. The first-order chi connectivity index (χ1) is 6.79. The van der Waals surface area contributed by atoms with Gasteiger partial charge in [-0.1, -0.05) is 0 Å². The third-order valence-electron chi connectivity index (χ3n) is 1.82. The van der Waals surface area contributed by atoms with Gasteiger partial charge >= 0.3 is 6.18 Å². The molecule has 0 aromatic heterocycles. The summed E-state index contributed by atoms with van der Waals surface area (Å²) >= 11 is 0. The molecule has 2 N–H and O–H groups in total. The van der Waals surface area contributed by atoms with Crippen LogP contribution in [-0.4, -0.2) is 19.8 Å². The summed E-state index contributed by atoms with van der Waals surface area (Å²) in [6.07, 6.45) is -4.31. The number of nitrogens with two attached hydrogens (primary N) is 1. The minimum absolute atomic E-state index is 0.0123. The Bertz CT molecular complexity index is 348. The van der Waals surface area contributed by atoms with Crippen molar-refractivity contribution in [2.24, 2.45) is 0 Å². The van der Waals surface area contributed by atoms with E-state index in [1.165, 1.54) is 13.1 Å². The van der Waals surface area contributed by atoms with Crippen molar-refractivity contribution in [3.8, 4) is 0 Å². The molecule has 0 aliphatic rings. The molecule has 1 rings (SSSR count). The maximum absolute atomic E-state index is 12.6. The largest absolute Gasteiger partial charge is 0.405 e. The van der Waals surface area contributed by atoms with Crippen LogP contribution in [0.1, 0.15) is 0 Å². The minimum Gasteiger partial charge on any atom is -0.397 e. The van der Waals surface area contributed by atoms with E-state index in [2.05, 4.69) is 0 Å². The van der Waals surface area contributed by atoms with Gasteiger partial charge in [0.05, 0.1) is 11.4 Å². The lowest BCUT2D eigenvalue weighted by molar-refractivity contribution is -0.119. The van der Waals surface area contributed by atoms with Gasteiger partial charge in [0.15, 0.2) is 0 Å². The zero-order chi connectivity index (χ0) is 11.6. The predicted octanol–water partition coefficient (Wildman–Crippen LogP) is 2.41. The van der Waals surface area contributed by atoms with Gasteiger partial charge in [0.1, 0.15) is 12.4 Å². The fourth-order valence-electron chi connectivity index (χ4n) is 1.23. The highest BCUT2D eigenvalue weighted by atomic mass is 19.4. The van der Waals surface area contributed by atoms with Crippen LogP contribution in [0.3, 0.4) is 0 Å². The molecule has 1 aromatic rings. The summed E-state index contributed by atoms with van der Waals surface area (Å²) in [6, 6.07) is 3.27. The van der Waals surface area contributed by atoms with Crippen LogP contribution < -0.4 is 10.6 Å². The van der Waals surface area contributed by atoms with Gasteiger partial charge in [0.25, 0.3) is 0 Å². The number of nitrogen functional groups attached to an aromatic ring is 1. The number of hydrogen-bond acceptors (Lipinski definition) is 2. The summed E-state index contributed by atoms with van der Waals surface area (Å²) in [6.45, 7) is -1.12. The molecule has 0 unspecified atom stereocenters. The van der Waals surface area contributed by atoms with Crippen LogP contribution in [-0.2, 0) is 0 Å². The summed E-state index contributed by atoms with van der Waals surface area (Å²) in [5.41, 5.74) is 5.54. The highest BCUT2D eigenvalue weighted by molar-refractivity contribution is 5.67. The Balaban J connectivity index is 2.87. The molecule has 6 heteroatoms. The van der Waals surface area contributed by atoms with Gasteiger partial charge in [-0.3, -0.25) is 0 Å². The summed E-state index contributed by atoms with van der Waals surface area (Å²) in [4.78, 5) is 0.925. The maximum Gasteiger partial charge on any atom is 0.405 e. The molecule has 15 heavy (non-hydrogen) atoms. The number of benzene rings is 1. The Morgan fingerprint density at radius 1 is 1.33 bits per heavy atom. The van der Waals surface area contributed by atoms with Crippen LogP contribution in [0.5, 0.6) is 0 Å². The Labute approximate surface area is 84.3 Å². The lowest BCUT2D eigenvalue weighted by atomic mass is 10.2. The summed E-state index contributed by atoms with van der Waals surface area (Å²) in [5, 5.41) is 0. The molecule has 0 aliphatic carbocycles. The van der Waals surface area contributed by atoms with Gasteiger partial charge in [-0.25, -0.2) is 4.39 Å². The third-order valence-corrected chi connectivity index (χ3v) is 1.82. The van der Waals surface area contributed by atoms with Crippen molar-refractivity contribution in [1.82, 2.24) is 0 Å². The number of hydrogen-bond donors (Lipinski definition) is 1. The van der Waals surface area contributed by atoms with Gasteiger partial charge in [-0.15, -0.1) is 0 Å². The van der Waals surface area contributed by atoms with Crippen LogP contribution in [0.4, 0.5) is 28.9 Å². The normalized spacial score (nSPS) is 11.5. The first-order valence-electron chi connectivity index (χ1n) is 4.12. The maximum atomic E-state index is 12.6. The molecule has 0 fully saturated rings. The van der Waals surface area contributed by atoms with Crippen LogP contribution in [0.15, 0.2) is 18.2 Å². The lowest BCUT2D eigenvalue weighted by Gasteiger charge is -2.22. The molecule has 0 saturated heterocycles. The molecule has 0 amide bonds. The quantitative estimate of drug-likeness (QED) is 0.615. The molecular formula is C9H10F4N2. The Kier molecular flexibility index (Phi) is 3.06. The van der Waals surface area contributed by atoms with Crippen molar-refractivity contribution in [1.29, 1.82) is 0 Å². The Morgan fingerprint density at radius 3 is 2.40 bits per heavy atom. The molecule has 0 aliphatic heterocycles. The molecule has 1 aromatic carbocycles. The van der Waals surface area contributed by atoms with Crippen LogP contribution in [0, 0.1) is 5.82 Å². The van der Waals surface area contributed by atoms with Gasteiger partial charge in [-0.2, -0.15) is 13.2 Å². The molecule has 0 spiro atoms. The second kappa shape index (κ2) is 3.96. The van der Waals surface area contributed by atoms with Crippen molar-refractivity contribution in [2.45, 2.75) is 6.18 Å². The molecule has 0 bridgehead atoms. The Hall–Kier alpha value is -1.46. The highest BCUT2D eigenvalue weighted by Gasteiger charge is 2.29. The van der Waals surface area contributed by atoms with Crippen LogP contribution in [0.25, 0.3) is 0 Å². The summed E-state index contributed by atoms with van der Waals surface area (Å²) in [5.74, 6) is -0.573. The summed E-state index contributed by atoms with van der Waals surface area (Å²) < 4.78 is 48.8. The fraction of sp³-hybridized carbons (Fsp3) is 0.333. The van der Waals surface area contributed by atoms with E-state index in [9.17, 15) is 17.6 Å². The zero-order valence-corrected chi connectivity index (χ0v) is 7.98. The van der Waals surface area contributed by atoms with E-state index in [0.717, 1.165) is 17.0 Å². The van der Waals surface area contributed by atoms with Crippen LogP contribution in [0.2, 0.25) is 0 Å². The Morgan fingerprint density at radius 2 is 1.93 bits per heavy atom. The van der Waals surface area contributed by atoms with E-state index in [4.69, 9.17) is 5.73 Å². The average molecular weight is 222 g/mol. The van der Waals surface area contributed by atoms with Crippen molar-refractivity contribution >= 4 is 11.4 Å². The van der Waals surface area contributed by atoms with E-state index >= 15 is 0 Å². The zero-order valence-electron chi connectivity index (χ0n) is 7.98. The van der Waals surface area contributed by atoms with Crippen molar-refractivity contribution < 1.29 is 17.6 Å². The second-order valence-corrected chi connectivity index (χ2v) is 3.17. The van der Waals surface area contributed by atoms with Gasteiger partial charge in [-0.05, 0) is 18.2 Å². The van der Waals surface area contributed by atoms with E-state index < -0.39 is 18.5 Å². The molecule has 0 saturated carbocycles. The highest BCUT2D eigenvalue weighted by Crippen LogP contribution is 2.26. The SMILES string of the molecule is CN(CC(F)(F)F)c1ccc(F)cc1N. The summed E-state index contributed by atoms with van der Waals surface area (Å²) in [7, 11) is 1.25. The molecule has 0 atom stereocenters. The lowest BCUT2D eigenvalue weighted by Crippen LogP contribution is -2.31. The minimum atomic E-state index is -4.31. The molecule has 0 heterocycles. The third kappa shape index (κ3) is 3.30. The molecule has 0 radical (unpaired) electrons. The molecule has 84 valence electrons. The van der Waals surface area contributed by atoms with Crippen molar-refractivity contribution in [2.75, 3.05) is 24.2 Å². The average Bonchev–Trinajstić information content (AvgIpc) is 1.99. The van der Waals surface area contributed by atoms with E-state index in [1.807, 2.05) is 0 Å². The van der Waals surface area contributed by atoms with Gasteiger partial charge in [0.2, 0.25) is 0 Å².